The molecule has 1 aliphatic carbocycles. The second-order valence-electron chi connectivity index (χ2n) is 16.8. The summed E-state index contributed by atoms with van der Waals surface area (Å²) in [5.74, 6) is 3.18. The van der Waals surface area contributed by atoms with E-state index < -0.39 is 5.54 Å². The van der Waals surface area contributed by atoms with Gasteiger partial charge in [0.2, 0.25) is 0 Å². The predicted molar refractivity (Wildman–Crippen MR) is 249 cm³/mol. The third-order valence-corrected chi connectivity index (χ3v) is 12.3. The molecule has 1 aromatic heterocycles. The summed E-state index contributed by atoms with van der Waals surface area (Å²) < 4.78 is 24.7. The SMILES string of the molecule is COc1ccc(N(c2ccc(OC)cc2)c2ccc3c(c2)C2(c4cc(N(c5ccc(OC)cc5)c5ccc(OC)cc5)ccc4-3)c3ccccc3-c3cc(C(C)(C)C)nn32)cc1. The largest absolute Gasteiger partial charge is 0.497 e. The fourth-order valence-electron chi connectivity index (χ4n) is 9.23. The van der Waals surface area contributed by atoms with Crippen molar-refractivity contribution < 1.29 is 18.9 Å². The lowest BCUT2D eigenvalue weighted by molar-refractivity contribution is 0.414. The lowest BCUT2D eigenvalue weighted by atomic mass is 9.80. The van der Waals surface area contributed by atoms with E-state index in [1.165, 1.54) is 11.1 Å². The number of rotatable bonds is 10. The Kier molecular flexibility index (Phi) is 9.32. The molecule has 62 heavy (non-hydrogen) atoms. The second kappa shape index (κ2) is 14.9. The Bertz CT molecular complexity index is 2690. The zero-order valence-electron chi connectivity index (χ0n) is 36.0. The monoisotopic (exact) mass is 816 g/mol. The van der Waals surface area contributed by atoms with E-state index in [1.807, 2.05) is 48.5 Å². The molecular weight excluding hydrogens is 769 g/mol. The first kappa shape index (κ1) is 38.7. The summed E-state index contributed by atoms with van der Waals surface area (Å²) >= 11 is 0. The molecule has 0 fully saturated rings. The molecule has 1 aliphatic heterocycles. The van der Waals surface area contributed by atoms with E-state index >= 15 is 0 Å². The number of aromatic nitrogens is 2. The first-order chi connectivity index (χ1) is 30.2. The Hall–Kier alpha value is -7.45. The average Bonchev–Trinajstić information content (AvgIpc) is 3.97. The summed E-state index contributed by atoms with van der Waals surface area (Å²) in [7, 11) is 6.78. The minimum atomic E-state index is -0.802. The van der Waals surface area contributed by atoms with E-state index in [0.717, 1.165) is 90.8 Å². The van der Waals surface area contributed by atoms with Crippen molar-refractivity contribution in [2.45, 2.75) is 31.7 Å². The molecule has 2 aliphatic rings. The number of fused-ring (bicyclic) bond motifs is 10. The van der Waals surface area contributed by atoms with E-state index in [1.54, 1.807) is 28.4 Å². The molecule has 0 atom stereocenters. The summed E-state index contributed by atoms with van der Waals surface area (Å²) in [5, 5.41) is 5.60. The summed E-state index contributed by atoms with van der Waals surface area (Å²) in [6.45, 7) is 6.71. The molecule has 8 aromatic rings. The normalized spacial score (nSPS) is 12.9. The van der Waals surface area contributed by atoms with Gasteiger partial charge in [-0.15, -0.1) is 0 Å². The maximum Gasteiger partial charge on any atom is 0.140 e. The minimum Gasteiger partial charge on any atom is -0.497 e. The zero-order chi connectivity index (χ0) is 42.8. The van der Waals surface area contributed by atoms with Gasteiger partial charge in [-0.05, 0) is 155 Å². The van der Waals surface area contributed by atoms with Crippen LogP contribution in [-0.4, -0.2) is 38.2 Å². The van der Waals surface area contributed by atoms with Gasteiger partial charge in [-0.1, -0.05) is 57.2 Å². The molecule has 8 nitrogen and oxygen atoms in total. The molecule has 2 heterocycles. The van der Waals surface area contributed by atoms with Crippen LogP contribution in [0.1, 0.15) is 43.2 Å². The number of methoxy groups -OCH3 is 4. The van der Waals surface area contributed by atoms with Crippen molar-refractivity contribution in [2.24, 2.45) is 0 Å². The fraction of sp³-hybridized carbons (Fsp3) is 0.167. The highest BCUT2D eigenvalue weighted by molar-refractivity contribution is 5.93. The summed E-state index contributed by atoms with van der Waals surface area (Å²) in [6.07, 6.45) is 0. The van der Waals surface area contributed by atoms with Crippen molar-refractivity contribution in [2.75, 3.05) is 38.2 Å². The summed E-state index contributed by atoms with van der Waals surface area (Å²) in [5.41, 5.74) is 14.2. The minimum absolute atomic E-state index is 0.180. The molecule has 1 spiro atoms. The van der Waals surface area contributed by atoms with Crippen LogP contribution in [0.5, 0.6) is 23.0 Å². The van der Waals surface area contributed by atoms with Gasteiger partial charge >= 0.3 is 0 Å². The molecule has 0 amide bonds. The van der Waals surface area contributed by atoms with Crippen LogP contribution in [0.4, 0.5) is 34.1 Å². The second-order valence-corrected chi connectivity index (χ2v) is 16.8. The van der Waals surface area contributed by atoms with Crippen LogP contribution >= 0.6 is 0 Å². The molecular formula is C54H48N4O4. The topological polar surface area (TPSA) is 61.2 Å². The van der Waals surface area contributed by atoms with Gasteiger partial charge in [-0.2, -0.15) is 5.10 Å². The molecule has 0 unspecified atom stereocenters. The van der Waals surface area contributed by atoms with Crippen LogP contribution < -0.4 is 28.7 Å². The number of benzene rings is 7. The molecule has 0 N–H and O–H groups in total. The number of ether oxygens (including phenoxy) is 4. The molecule has 0 radical (unpaired) electrons. The van der Waals surface area contributed by atoms with Gasteiger partial charge in [0, 0.05) is 45.1 Å². The van der Waals surface area contributed by atoms with Gasteiger partial charge in [-0.25, -0.2) is 4.68 Å². The van der Waals surface area contributed by atoms with E-state index in [-0.39, 0.29) is 5.41 Å². The van der Waals surface area contributed by atoms with Gasteiger partial charge in [0.15, 0.2) is 0 Å². The number of hydrogen-bond donors (Lipinski definition) is 0. The van der Waals surface area contributed by atoms with Gasteiger partial charge in [0.05, 0.1) is 39.8 Å². The van der Waals surface area contributed by atoms with E-state index in [9.17, 15) is 0 Å². The average molecular weight is 817 g/mol. The highest BCUT2D eigenvalue weighted by atomic mass is 16.5. The van der Waals surface area contributed by atoms with E-state index in [0.29, 0.717) is 0 Å². The van der Waals surface area contributed by atoms with Crippen LogP contribution in [0.3, 0.4) is 0 Å². The zero-order valence-corrected chi connectivity index (χ0v) is 36.0. The molecule has 308 valence electrons. The van der Waals surface area contributed by atoms with Crippen LogP contribution in [0, 0.1) is 0 Å². The summed E-state index contributed by atoms with van der Waals surface area (Å²) in [6, 6.07) is 57.8. The number of hydrogen-bond acceptors (Lipinski definition) is 7. The van der Waals surface area contributed by atoms with Crippen LogP contribution in [0.25, 0.3) is 22.4 Å². The highest BCUT2D eigenvalue weighted by Gasteiger charge is 2.53. The Morgan fingerprint density at radius 1 is 0.419 bits per heavy atom. The van der Waals surface area contributed by atoms with Crippen LogP contribution in [0.2, 0.25) is 0 Å². The van der Waals surface area contributed by atoms with Crippen molar-refractivity contribution in [1.82, 2.24) is 9.78 Å². The van der Waals surface area contributed by atoms with Crippen LogP contribution in [-0.2, 0) is 11.0 Å². The Labute approximate surface area is 363 Å². The third-order valence-electron chi connectivity index (χ3n) is 12.3. The van der Waals surface area contributed by atoms with Crippen LogP contribution in [0.15, 0.2) is 164 Å². The lowest BCUT2D eigenvalue weighted by Crippen LogP contribution is -2.34. The molecule has 8 heteroatoms. The van der Waals surface area contributed by atoms with Crippen molar-refractivity contribution in [3.05, 3.63) is 186 Å². The first-order valence-corrected chi connectivity index (χ1v) is 20.8. The molecule has 7 aromatic carbocycles. The molecule has 0 saturated heterocycles. The van der Waals surface area contributed by atoms with Gasteiger partial charge in [-0.3, -0.25) is 0 Å². The van der Waals surface area contributed by atoms with Crippen molar-refractivity contribution >= 4 is 34.1 Å². The van der Waals surface area contributed by atoms with Gasteiger partial charge in [0.1, 0.15) is 28.5 Å². The van der Waals surface area contributed by atoms with Gasteiger partial charge < -0.3 is 28.7 Å². The smallest absolute Gasteiger partial charge is 0.140 e. The van der Waals surface area contributed by atoms with E-state index in [2.05, 4.69) is 151 Å². The predicted octanol–water partition coefficient (Wildman–Crippen LogP) is 13.0. The molecule has 0 saturated carbocycles. The Morgan fingerprint density at radius 2 is 0.790 bits per heavy atom. The standard InChI is InChI=1S/C54H48N4O4/c1-53(2,3)52-34-51-47-10-8-9-11-48(47)54(58(51)55-52)49-32-39(56(35-12-22-41(59-4)23-13-35)36-14-24-42(60-5)25-15-36)20-30-45(49)46-31-21-40(33-50(46)54)57(37-16-26-43(61-6)27-17-37)38-18-28-44(62-7)29-19-38/h8-34H,1-7H3. The fourth-order valence-corrected chi connectivity index (χ4v) is 9.23. The number of nitrogens with zero attached hydrogens (tertiary/aromatic N) is 4. The Balaban J connectivity index is 1.24. The van der Waals surface area contributed by atoms with Gasteiger partial charge in [0.25, 0.3) is 0 Å². The van der Waals surface area contributed by atoms with Crippen molar-refractivity contribution in [1.29, 1.82) is 0 Å². The highest BCUT2D eigenvalue weighted by Crippen LogP contribution is 2.61. The first-order valence-electron chi connectivity index (χ1n) is 20.8. The molecule has 10 rings (SSSR count). The maximum absolute atomic E-state index is 5.60. The van der Waals surface area contributed by atoms with Crippen molar-refractivity contribution in [3.8, 4) is 45.4 Å². The number of anilines is 6. The lowest BCUT2D eigenvalue weighted by Gasteiger charge is -2.33. The quantitative estimate of drug-likeness (QED) is 0.136. The van der Waals surface area contributed by atoms with E-state index in [4.69, 9.17) is 24.0 Å². The van der Waals surface area contributed by atoms with Crippen molar-refractivity contribution in [3.63, 3.8) is 0 Å². The Morgan fingerprint density at radius 3 is 1.16 bits per heavy atom. The third kappa shape index (κ3) is 6.08. The molecule has 0 bridgehead atoms. The summed E-state index contributed by atoms with van der Waals surface area (Å²) in [4.78, 5) is 4.59. The maximum atomic E-state index is 5.60.